The van der Waals surface area contributed by atoms with Crippen molar-refractivity contribution in [1.82, 2.24) is 5.32 Å². The molecule has 1 aromatic rings. The molecule has 1 saturated heterocycles. The number of halogens is 1. The Bertz CT molecular complexity index is 675. The summed E-state index contributed by atoms with van der Waals surface area (Å²) in [5, 5.41) is 7.57. The summed E-state index contributed by atoms with van der Waals surface area (Å²) >= 11 is 0. The second-order valence-corrected chi connectivity index (χ2v) is 5.53. The molecule has 0 spiro atoms. The van der Waals surface area contributed by atoms with Gasteiger partial charge in [0, 0.05) is 12.2 Å². The average Bonchev–Trinajstić information content (AvgIpc) is 2.53. The average molecular weight is 319 g/mol. The zero-order chi connectivity index (χ0) is 17.0. The minimum absolute atomic E-state index is 0.0778. The number of hydrogen-bond acceptors (Lipinski definition) is 3. The standard InChI is InChI=1S/C16H18FN3O3/c1-3-13(21)20-12-9-10(5-6-11(12)17)19-15(23)16(2)7-4-8-18-14(16)22/h3,5-6,9H,1,4,7-8H2,2H3,(H,18,22)(H,19,23)(H,20,21). The van der Waals surface area contributed by atoms with E-state index in [1.807, 2.05) is 0 Å². The summed E-state index contributed by atoms with van der Waals surface area (Å²) < 4.78 is 13.7. The topological polar surface area (TPSA) is 87.3 Å². The Hall–Kier alpha value is -2.70. The van der Waals surface area contributed by atoms with Crippen LogP contribution in [0.2, 0.25) is 0 Å². The van der Waals surface area contributed by atoms with E-state index in [0.717, 1.165) is 12.1 Å². The second kappa shape index (κ2) is 6.60. The number of nitrogens with one attached hydrogen (secondary N) is 3. The van der Waals surface area contributed by atoms with E-state index >= 15 is 0 Å². The maximum absolute atomic E-state index is 13.7. The van der Waals surface area contributed by atoms with Crippen LogP contribution in [0.4, 0.5) is 15.8 Å². The highest BCUT2D eigenvalue weighted by molar-refractivity contribution is 6.10. The van der Waals surface area contributed by atoms with Gasteiger partial charge in [0.25, 0.3) is 0 Å². The number of carbonyl (C=O) groups is 3. The molecule has 1 unspecified atom stereocenters. The van der Waals surface area contributed by atoms with Gasteiger partial charge < -0.3 is 16.0 Å². The number of anilines is 2. The molecule has 0 aromatic heterocycles. The lowest BCUT2D eigenvalue weighted by molar-refractivity contribution is -0.141. The van der Waals surface area contributed by atoms with Crippen LogP contribution < -0.4 is 16.0 Å². The van der Waals surface area contributed by atoms with Crippen molar-refractivity contribution in [3.8, 4) is 0 Å². The molecule has 3 N–H and O–H groups in total. The van der Waals surface area contributed by atoms with Gasteiger partial charge in [-0.3, -0.25) is 14.4 Å². The maximum Gasteiger partial charge on any atom is 0.247 e. The van der Waals surface area contributed by atoms with E-state index in [1.54, 1.807) is 6.92 Å². The van der Waals surface area contributed by atoms with Crippen LogP contribution in [0.25, 0.3) is 0 Å². The van der Waals surface area contributed by atoms with Crippen LogP contribution in [0.1, 0.15) is 19.8 Å². The van der Waals surface area contributed by atoms with Gasteiger partial charge in [-0.2, -0.15) is 0 Å². The molecule has 7 heteroatoms. The molecule has 1 aromatic carbocycles. The molecule has 0 radical (unpaired) electrons. The minimum atomic E-state index is -1.17. The molecule has 1 aliphatic heterocycles. The highest BCUT2D eigenvalue weighted by atomic mass is 19.1. The number of amides is 3. The van der Waals surface area contributed by atoms with Crippen LogP contribution in [0.5, 0.6) is 0 Å². The summed E-state index contributed by atoms with van der Waals surface area (Å²) in [6, 6.07) is 3.78. The van der Waals surface area contributed by atoms with Crippen molar-refractivity contribution in [3.05, 3.63) is 36.7 Å². The van der Waals surface area contributed by atoms with Gasteiger partial charge in [-0.25, -0.2) is 4.39 Å². The third-order valence-corrected chi connectivity index (χ3v) is 3.81. The van der Waals surface area contributed by atoms with E-state index in [0.29, 0.717) is 19.4 Å². The summed E-state index contributed by atoms with van der Waals surface area (Å²) in [7, 11) is 0. The highest BCUT2D eigenvalue weighted by Crippen LogP contribution is 2.29. The molecular weight excluding hydrogens is 301 g/mol. The van der Waals surface area contributed by atoms with E-state index < -0.39 is 23.0 Å². The number of hydrogen-bond donors (Lipinski definition) is 3. The van der Waals surface area contributed by atoms with Crippen molar-refractivity contribution in [2.45, 2.75) is 19.8 Å². The number of benzene rings is 1. The van der Waals surface area contributed by atoms with Crippen LogP contribution in [0, 0.1) is 11.2 Å². The van der Waals surface area contributed by atoms with Gasteiger partial charge in [0.1, 0.15) is 11.2 Å². The van der Waals surface area contributed by atoms with Crippen LogP contribution in [-0.2, 0) is 14.4 Å². The summed E-state index contributed by atoms with van der Waals surface area (Å²) in [6.07, 6.45) is 2.16. The lowest BCUT2D eigenvalue weighted by atomic mass is 9.81. The van der Waals surface area contributed by atoms with Crippen LogP contribution in [0.3, 0.4) is 0 Å². The van der Waals surface area contributed by atoms with Crippen LogP contribution in [-0.4, -0.2) is 24.3 Å². The summed E-state index contributed by atoms with van der Waals surface area (Å²) in [4.78, 5) is 35.6. The Morgan fingerprint density at radius 1 is 1.39 bits per heavy atom. The smallest absolute Gasteiger partial charge is 0.247 e. The first-order valence-corrected chi connectivity index (χ1v) is 7.19. The molecule has 0 saturated carbocycles. The van der Waals surface area contributed by atoms with E-state index in [4.69, 9.17) is 0 Å². The first-order chi connectivity index (χ1) is 10.9. The third kappa shape index (κ3) is 3.56. The molecule has 122 valence electrons. The monoisotopic (exact) mass is 319 g/mol. The van der Waals surface area contributed by atoms with E-state index in [-0.39, 0.29) is 17.3 Å². The van der Waals surface area contributed by atoms with Gasteiger partial charge in [0.2, 0.25) is 17.7 Å². The predicted molar refractivity (Wildman–Crippen MR) is 84.2 cm³/mol. The van der Waals surface area contributed by atoms with Gasteiger partial charge in [-0.1, -0.05) is 6.58 Å². The van der Waals surface area contributed by atoms with Gasteiger partial charge in [0.15, 0.2) is 0 Å². The van der Waals surface area contributed by atoms with Crippen LogP contribution in [0.15, 0.2) is 30.9 Å². The molecule has 2 rings (SSSR count). The van der Waals surface area contributed by atoms with Gasteiger partial charge in [-0.05, 0) is 44.0 Å². The van der Waals surface area contributed by atoms with Crippen molar-refractivity contribution in [3.63, 3.8) is 0 Å². The largest absolute Gasteiger partial charge is 0.355 e. The lowest BCUT2D eigenvalue weighted by Gasteiger charge is -2.31. The Balaban J connectivity index is 2.18. The predicted octanol–water partition coefficient (Wildman–Crippen LogP) is 1.80. The molecule has 23 heavy (non-hydrogen) atoms. The molecule has 6 nitrogen and oxygen atoms in total. The zero-order valence-electron chi connectivity index (χ0n) is 12.7. The van der Waals surface area contributed by atoms with E-state index in [1.165, 1.54) is 12.1 Å². The van der Waals surface area contributed by atoms with Gasteiger partial charge in [0.05, 0.1) is 5.69 Å². The number of rotatable bonds is 4. The van der Waals surface area contributed by atoms with Crippen molar-refractivity contribution in [1.29, 1.82) is 0 Å². The van der Waals surface area contributed by atoms with Crippen molar-refractivity contribution in [2.24, 2.45) is 5.41 Å². The summed E-state index contributed by atoms with van der Waals surface area (Å²) in [5.41, 5.74) is -0.960. The Labute approximate surface area is 133 Å². The van der Waals surface area contributed by atoms with E-state index in [2.05, 4.69) is 22.5 Å². The van der Waals surface area contributed by atoms with Crippen molar-refractivity contribution < 1.29 is 18.8 Å². The van der Waals surface area contributed by atoms with Gasteiger partial charge in [-0.15, -0.1) is 0 Å². The zero-order valence-corrected chi connectivity index (χ0v) is 12.7. The first kappa shape index (κ1) is 16.7. The lowest BCUT2D eigenvalue weighted by Crippen LogP contribution is -2.50. The molecule has 1 fully saturated rings. The fourth-order valence-electron chi connectivity index (χ4n) is 2.32. The Morgan fingerprint density at radius 3 is 2.78 bits per heavy atom. The molecule has 1 atom stereocenters. The number of piperidine rings is 1. The first-order valence-electron chi connectivity index (χ1n) is 7.19. The molecule has 0 aliphatic carbocycles. The summed E-state index contributed by atoms with van der Waals surface area (Å²) in [5.74, 6) is -2.00. The number of carbonyl (C=O) groups excluding carboxylic acids is 3. The molecule has 0 bridgehead atoms. The molecule has 1 heterocycles. The Kier molecular flexibility index (Phi) is 4.78. The minimum Gasteiger partial charge on any atom is -0.355 e. The van der Waals surface area contributed by atoms with Crippen molar-refractivity contribution >= 4 is 29.1 Å². The Morgan fingerprint density at radius 2 is 2.13 bits per heavy atom. The van der Waals surface area contributed by atoms with Crippen LogP contribution >= 0.6 is 0 Å². The molecular formula is C16H18FN3O3. The highest BCUT2D eigenvalue weighted by Gasteiger charge is 2.42. The second-order valence-electron chi connectivity index (χ2n) is 5.53. The van der Waals surface area contributed by atoms with Gasteiger partial charge >= 0.3 is 0 Å². The maximum atomic E-state index is 13.7. The fourth-order valence-corrected chi connectivity index (χ4v) is 2.32. The normalized spacial score (nSPS) is 20.3. The molecule has 1 aliphatic rings. The quantitative estimate of drug-likeness (QED) is 0.584. The van der Waals surface area contributed by atoms with E-state index in [9.17, 15) is 18.8 Å². The fraction of sp³-hybridized carbons (Fsp3) is 0.312. The van der Waals surface area contributed by atoms with Crippen molar-refractivity contribution in [2.75, 3.05) is 17.2 Å². The third-order valence-electron chi connectivity index (χ3n) is 3.81. The SMILES string of the molecule is C=CC(=O)Nc1cc(NC(=O)C2(C)CCCNC2=O)ccc1F. The summed E-state index contributed by atoms with van der Waals surface area (Å²) in [6.45, 7) is 5.41. The molecule has 3 amide bonds.